The van der Waals surface area contributed by atoms with Gasteiger partial charge in [0.05, 0.1) is 12.6 Å². The molecule has 6 heteroatoms. The van der Waals surface area contributed by atoms with Crippen LogP contribution in [0.3, 0.4) is 0 Å². The number of carbonyl (C=O) groups is 1. The van der Waals surface area contributed by atoms with Gasteiger partial charge in [-0.3, -0.25) is 4.99 Å². The van der Waals surface area contributed by atoms with Crippen molar-refractivity contribution < 1.29 is 9.53 Å². The van der Waals surface area contributed by atoms with Gasteiger partial charge in [0.25, 0.3) is 0 Å². The van der Waals surface area contributed by atoms with Crippen LogP contribution in [-0.4, -0.2) is 47.5 Å². The predicted octanol–water partition coefficient (Wildman–Crippen LogP) is 1.26. The second-order valence-electron chi connectivity index (χ2n) is 6.12. The first-order chi connectivity index (χ1) is 9.23. The number of ether oxygens (including phenoxy) is 1. The Kier molecular flexibility index (Phi) is 5.56. The molecule has 0 aromatic carbocycles. The summed E-state index contributed by atoms with van der Waals surface area (Å²) in [5.41, 5.74) is 11.6. The summed E-state index contributed by atoms with van der Waals surface area (Å²) >= 11 is 0. The minimum atomic E-state index is -0.504. The van der Waals surface area contributed by atoms with Gasteiger partial charge in [-0.25, -0.2) is 4.79 Å². The summed E-state index contributed by atoms with van der Waals surface area (Å²) in [5.74, 6) is 0. The van der Waals surface area contributed by atoms with E-state index in [9.17, 15) is 4.79 Å². The normalized spacial score (nSPS) is 24.4. The molecule has 0 bridgehead atoms. The van der Waals surface area contributed by atoms with E-state index in [1.54, 1.807) is 11.0 Å². The number of likely N-dealkylation sites (tertiary alicyclic amines) is 1. The lowest BCUT2D eigenvalue weighted by atomic mass is 10.2. The Bertz CT molecular complexity index is 398. The third kappa shape index (κ3) is 5.21. The van der Waals surface area contributed by atoms with Crippen LogP contribution in [0.25, 0.3) is 0 Å². The van der Waals surface area contributed by atoms with E-state index in [-0.39, 0.29) is 18.2 Å². The fourth-order valence-corrected chi connectivity index (χ4v) is 2.11. The Hall–Kier alpha value is -1.56. The van der Waals surface area contributed by atoms with Crippen LogP contribution in [0.15, 0.2) is 17.3 Å². The molecule has 6 nitrogen and oxygen atoms in total. The molecule has 0 aromatic heterocycles. The van der Waals surface area contributed by atoms with Crippen molar-refractivity contribution in [3.8, 4) is 0 Å². The van der Waals surface area contributed by atoms with E-state index in [4.69, 9.17) is 16.2 Å². The van der Waals surface area contributed by atoms with E-state index >= 15 is 0 Å². The van der Waals surface area contributed by atoms with Gasteiger partial charge in [-0.2, -0.15) is 0 Å². The summed E-state index contributed by atoms with van der Waals surface area (Å²) in [4.78, 5) is 18.2. The van der Waals surface area contributed by atoms with Crippen LogP contribution in [0.4, 0.5) is 4.79 Å². The molecule has 2 atom stereocenters. The van der Waals surface area contributed by atoms with Gasteiger partial charge in [-0.15, -0.1) is 0 Å². The highest BCUT2D eigenvalue weighted by Gasteiger charge is 2.35. The van der Waals surface area contributed by atoms with E-state index in [1.807, 2.05) is 27.7 Å². The number of carbonyl (C=O) groups excluding carboxylic acids is 1. The number of hydrogen-bond donors (Lipinski definition) is 2. The zero-order valence-corrected chi connectivity index (χ0v) is 12.8. The van der Waals surface area contributed by atoms with Crippen LogP contribution in [0.1, 0.15) is 34.1 Å². The molecule has 1 rings (SSSR count). The maximum Gasteiger partial charge on any atom is 0.410 e. The van der Waals surface area contributed by atoms with Crippen molar-refractivity contribution in [2.75, 3.05) is 13.1 Å². The number of allylic oxidation sites excluding steroid dienone is 1. The summed E-state index contributed by atoms with van der Waals surface area (Å²) < 4.78 is 5.40. The van der Waals surface area contributed by atoms with Crippen LogP contribution >= 0.6 is 0 Å². The Balaban J connectivity index is 2.69. The summed E-state index contributed by atoms with van der Waals surface area (Å²) in [6.45, 7) is 8.46. The zero-order chi connectivity index (χ0) is 15.3. The van der Waals surface area contributed by atoms with Crippen molar-refractivity contribution in [3.63, 3.8) is 0 Å². The minimum Gasteiger partial charge on any atom is -0.444 e. The molecule has 4 N–H and O–H groups in total. The van der Waals surface area contributed by atoms with Gasteiger partial charge < -0.3 is 21.1 Å². The highest BCUT2D eigenvalue weighted by Crippen LogP contribution is 2.20. The molecule has 0 radical (unpaired) electrons. The quantitative estimate of drug-likeness (QED) is 0.762. The maximum atomic E-state index is 12.2. The molecule has 114 valence electrons. The monoisotopic (exact) mass is 282 g/mol. The van der Waals surface area contributed by atoms with Crippen molar-refractivity contribution >= 4 is 11.8 Å². The fourth-order valence-electron chi connectivity index (χ4n) is 2.11. The lowest BCUT2D eigenvalue weighted by Crippen LogP contribution is -2.41. The minimum absolute atomic E-state index is 0.0130. The van der Waals surface area contributed by atoms with Crippen LogP contribution in [-0.2, 0) is 4.74 Å². The van der Waals surface area contributed by atoms with Crippen molar-refractivity contribution in [2.24, 2.45) is 16.5 Å². The smallest absolute Gasteiger partial charge is 0.410 e. The Morgan fingerprint density at radius 3 is 2.70 bits per heavy atom. The molecule has 0 saturated carbocycles. The zero-order valence-electron chi connectivity index (χ0n) is 12.8. The molecule has 1 heterocycles. The highest BCUT2D eigenvalue weighted by atomic mass is 16.6. The predicted molar refractivity (Wildman–Crippen MR) is 80.6 cm³/mol. The summed E-state index contributed by atoms with van der Waals surface area (Å²) in [6.07, 6.45) is 3.59. The molecular weight excluding hydrogens is 256 g/mol. The molecule has 1 fully saturated rings. The number of nitrogens with two attached hydrogens (primary N) is 2. The van der Waals surface area contributed by atoms with E-state index < -0.39 is 5.60 Å². The largest absolute Gasteiger partial charge is 0.444 e. The summed E-state index contributed by atoms with van der Waals surface area (Å²) in [6, 6.07) is -0.0333. The number of aliphatic imine (C=N–C) groups is 1. The molecule has 1 aliphatic heterocycles. The third-order valence-corrected chi connectivity index (χ3v) is 2.96. The summed E-state index contributed by atoms with van der Waals surface area (Å²) in [7, 11) is 0. The number of nitrogens with zero attached hydrogens (tertiary/aromatic N) is 2. The standard InChI is InChI=1S/C14H26N4O2/c1-10(5-6-15)17-8-12-7-11(16)9-18(12)13(19)20-14(2,3)4/h5-6,11-12H,7-9,15-16H2,1-4H3/b6-5-,17-10?/t11-,12+/m1/s1. The van der Waals surface area contributed by atoms with Crippen LogP contribution < -0.4 is 11.5 Å². The first-order valence-electron chi connectivity index (χ1n) is 6.87. The van der Waals surface area contributed by atoms with Gasteiger partial charge in [0.1, 0.15) is 5.60 Å². The summed E-state index contributed by atoms with van der Waals surface area (Å²) in [5, 5.41) is 0. The van der Waals surface area contributed by atoms with E-state index in [0.717, 1.165) is 12.1 Å². The molecule has 0 aliphatic carbocycles. The Labute approximate surface area is 120 Å². The molecule has 0 unspecified atom stereocenters. The molecule has 1 amide bonds. The van der Waals surface area contributed by atoms with Gasteiger partial charge in [0.15, 0.2) is 0 Å². The second-order valence-corrected chi connectivity index (χ2v) is 6.12. The maximum absolute atomic E-state index is 12.2. The van der Waals surface area contributed by atoms with Crippen LogP contribution in [0.5, 0.6) is 0 Å². The average Bonchev–Trinajstić information content (AvgIpc) is 2.66. The lowest BCUT2D eigenvalue weighted by Gasteiger charge is -2.27. The molecule has 0 spiro atoms. The molecular formula is C14H26N4O2. The first-order valence-corrected chi connectivity index (χ1v) is 6.87. The Morgan fingerprint density at radius 2 is 2.15 bits per heavy atom. The second kappa shape index (κ2) is 6.74. The van der Waals surface area contributed by atoms with Gasteiger partial charge in [0, 0.05) is 18.3 Å². The molecule has 1 aliphatic rings. The van der Waals surface area contributed by atoms with Crippen molar-refractivity contribution in [1.29, 1.82) is 0 Å². The molecule has 0 aromatic rings. The fraction of sp³-hybridized carbons (Fsp3) is 0.714. The third-order valence-electron chi connectivity index (χ3n) is 2.96. The van der Waals surface area contributed by atoms with Gasteiger partial charge in [0.2, 0.25) is 0 Å². The Morgan fingerprint density at radius 1 is 1.50 bits per heavy atom. The van der Waals surface area contributed by atoms with Crippen molar-refractivity contribution in [1.82, 2.24) is 4.90 Å². The van der Waals surface area contributed by atoms with Crippen LogP contribution in [0, 0.1) is 0 Å². The SMILES string of the molecule is CC(/C=C\N)=NC[C@@H]1C[C@@H](N)CN1C(=O)OC(C)(C)C. The molecule has 1 saturated heterocycles. The highest BCUT2D eigenvalue weighted by molar-refractivity contribution is 5.92. The number of hydrogen-bond acceptors (Lipinski definition) is 5. The average molecular weight is 282 g/mol. The first kappa shape index (κ1) is 16.5. The van der Waals surface area contributed by atoms with Crippen LogP contribution in [0.2, 0.25) is 0 Å². The molecule has 20 heavy (non-hydrogen) atoms. The van der Waals surface area contributed by atoms with E-state index in [1.165, 1.54) is 6.20 Å². The van der Waals surface area contributed by atoms with Gasteiger partial charge in [-0.1, -0.05) is 0 Å². The topological polar surface area (TPSA) is 93.9 Å². The van der Waals surface area contributed by atoms with Gasteiger partial charge >= 0.3 is 6.09 Å². The number of amides is 1. The number of rotatable bonds is 3. The van der Waals surface area contributed by atoms with Crippen molar-refractivity contribution in [3.05, 3.63) is 12.3 Å². The van der Waals surface area contributed by atoms with E-state index in [2.05, 4.69) is 4.99 Å². The van der Waals surface area contributed by atoms with Gasteiger partial charge in [-0.05, 0) is 46.4 Å². The van der Waals surface area contributed by atoms with Crippen molar-refractivity contribution in [2.45, 2.75) is 51.8 Å². The van der Waals surface area contributed by atoms with E-state index in [0.29, 0.717) is 13.1 Å². The lowest BCUT2D eigenvalue weighted by molar-refractivity contribution is 0.0231.